The Hall–Kier alpha value is -0.950. The molecule has 0 heterocycles. The first-order chi connectivity index (χ1) is 10.9. The molecule has 4 rings (SSSR count). The second-order valence-electron chi connectivity index (χ2n) is 6.42. The van der Waals surface area contributed by atoms with Gasteiger partial charge in [0.2, 0.25) is 0 Å². The molecule has 2 aromatic rings. The average Bonchev–Trinajstić information content (AvgIpc) is 2.48. The monoisotopic (exact) mass is 442 g/mol. The van der Waals surface area contributed by atoms with E-state index in [0.29, 0.717) is 6.42 Å². The molecular formula is C18H16FIO2S. The van der Waals surface area contributed by atoms with Gasteiger partial charge in [-0.25, -0.2) is 12.8 Å². The third-order valence-electron chi connectivity index (χ3n) is 5.41. The van der Waals surface area contributed by atoms with E-state index >= 15 is 0 Å². The van der Waals surface area contributed by atoms with E-state index in [9.17, 15) is 12.8 Å². The van der Waals surface area contributed by atoms with Crippen LogP contribution in [0, 0.1) is 15.3 Å². The first-order valence-electron chi connectivity index (χ1n) is 7.74. The molecule has 2 nitrogen and oxygen atoms in total. The van der Waals surface area contributed by atoms with E-state index in [-0.39, 0.29) is 10.8 Å². The van der Waals surface area contributed by atoms with Gasteiger partial charge in [-0.3, -0.25) is 0 Å². The molecule has 0 aliphatic heterocycles. The molecule has 23 heavy (non-hydrogen) atoms. The molecule has 5 heteroatoms. The van der Waals surface area contributed by atoms with Crippen molar-refractivity contribution in [2.45, 2.75) is 35.3 Å². The van der Waals surface area contributed by atoms with Crippen molar-refractivity contribution in [1.29, 1.82) is 0 Å². The Morgan fingerprint density at radius 2 is 1.83 bits per heavy atom. The second-order valence-corrected chi connectivity index (χ2v) is 9.88. The molecule has 2 aromatic carbocycles. The summed E-state index contributed by atoms with van der Waals surface area (Å²) in [7, 11) is -3.54. The lowest BCUT2D eigenvalue weighted by Gasteiger charge is -2.52. The highest BCUT2D eigenvalue weighted by molar-refractivity contribution is 14.1. The molecule has 1 fully saturated rings. The Labute approximate surface area is 149 Å². The highest BCUT2D eigenvalue weighted by atomic mass is 127. The fourth-order valence-corrected chi connectivity index (χ4v) is 7.20. The summed E-state index contributed by atoms with van der Waals surface area (Å²) in [5, 5.41) is 0. The Kier molecular flexibility index (Phi) is 3.57. The summed E-state index contributed by atoms with van der Waals surface area (Å²) in [6.07, 6.45) is 3.46. The molecular weight excluding hydrogens is 426 g/mol. The van der Waals surface area contributed by atoms with Crippen LogP contribution < -0.4 is 0 Å². The van der Waals surface area contributed by atoms with Crippen molar-refractivity contribution in [1.82, 2.24) is 0 Å². The van der Waals surface area contributed by atoms with Crippen LogP contribution in [0.5, 0.6) is 0 Å². The lowest BCUT2D eigenvalue weighted by atomic mass is 9.62. The number of aryl methyl sites for hydroxylation is 1. The summed E-state index contributed by atoms with van der Waals surface area (Å²) >= 11 is 2.27. The molecule has 2 aliphatic rings. The Morgan fingerprint density at radius 3 is 2.48 bits per heavy atom. The van der Waals surface area contributed by atoms with E-state index in [1.165, 1.54) is 24.3 Å². The molecule has 2 aliphatic carbocycles. The molecule has 0 N–H and O–H groups in total. The molecule has 1 saturated carbocycles. The maximum Gasteiger partial charge on any atom is 0.188 e. The van der Waals surface area contributed by atoms with Gasteiger partial charge in [-0.1, -0.05) is 6.07 Å². The van der Waals surface area contributed by atoms with E-state index in [4.69, 9.17) is 0 Å². The van der Waals surface area contributed by atoms with Crippen LogP contribution in [0.2, 0.25) is 0 Å². The number of halogens is 2. The van der Waals surface area contributed by atoms with Crippen LogP contribution in [0.1, 0.15) is 30.4 Å². The van der Waals surface area contributed by atoms with Crippen molar-refractivity contribution in [2.75, 3.05) is 0 Å². The summed E-state index contributed by atoms with van der Waals surface area (Å²) in [6.45, 7) is 0. The molecule has 0 spiro atoms. The van der Waals surface area contributed by atoms with Crippen LogP contribution in [0.15, 0.2) is 47.4 Å². The fourth-order valence-electron chi connectivity index (χ4n) is 4.18. The molecule has 0 aromatic heterocycles. The fraction of sp³-hybridized carbons (Fsp3) is 0.333. The van der Waals surface area contributed by atoms with Crippen LogP contribution in [0.25, 0.3) is 0 Å². The number of benzene rings is 2. The Balaban J connectivity index is 1.92. The maximum atomic E-state index is 13.4. The van der Waals surface area contributed by atoms with E-state index in [1.54, 1.807) is 0 Å². The predicted octanol–water partition coefficient (Wildman–Crippen LogP) is 4.46. The highest BCUT2D eigenvalue weighted by Crippen LogP contribution is 2.59. The van der Waals surface area contributed by atoms with Gasteiger partial charge in [0.15, 0.2) is 9.84 Å². The smallest absolute Gasteiger partial charge is 0.188 e. The van der Waals surface area contributed by atoms with Gasteiger partial charge in [0.1, 0.15) is 10.6 Å². The number of fused-ring (bicyclic) bond motifs is 3. The summed E-state index contributed by atoms with van der Waals surface area (Å²) in [5.41, 5.74) is 2.11. The van der Waals surface area contributed by atoms with E-state index in [1.807, 2.05) is 12.1 Å². The van der Waals surface area contributed by atoms with Gasteiger partial charge in [-0.2, -0.15) is 0 Å². The number of rotatable bonds is 2. The minimum absolute atomic E-state index is 0.171. The first kappa shape index (κ1) is 15.6. The van der Waals surface area contributed by atoms with Gasteiger partial charge in [-0.15, -0.1) is 0 Å². The molecule has 0 saturated heterocycles. The lowest BCUT2D eigenvalue weighted by Crippen LogP contribution is -2.53. The van der Waals surface area contributed by atoms with Crippen LogP contribution >= 0.6 is 22.6 Å². The largest absolute Gasteiger partial charge is 0.223 e. The molecule has 0 amide bonds. The van der Waals surface area contributed by atoms with Crippen molar-refractivity contribution < 1.29 is 12.8 Å². The Bertz CT molecular complexity index is 876. The van der Waals surface area contributed by atoms with Crippen LogP contribution in [-0.4, -0.2) is 8.42 Å². The zero-order valence-corrected chi connectivity index (χ0v) is 15.4. The van der Waals surface area contributed by atoms with E-state index in [2.05, 4.69) is 28.7 Å². The highest BCUT2D eigenvalue weighted by Gasteiger charge is 2.59. The van der Waals surface area contributed by atoms with E-state index < -0.39 is 20.4 Å². The summed E-state index contributed by atoms with van der Waals surface area (Å²) in [4.78, 5) is 0.231. The molecule has 120 valence electrons. The summed E-state index contributed by atoms with van der Waals surface area (Å²) in [5.74, 6) is -0.240. The molecule has 0 bridgehead atoms. The van der Waals surface area contributed by atoms with Gasteiger partial charge < -0.3 is 0 Å². The van der Waals surface area contributed by atoms with Gasteiger partial charge in [-0.05, 0) is 102 Å². The number of hydrogen-bond acceptors (Lipinski definition) is 2. The number of sulfone groups is 1. The van der Waals surface area contributed by atoms with Crippen molar-refractivity contribution in [3.05, 3.63) is 63.0 Å². The third-order valence-corrected chi connectivity index (χ3v) is 8.69. The predicted molar refractivity (Wildman–Crippen MR) is 95.5 cm³/mol. The van der Waals surface area contributed by atoms with Gasteiger partial charge in [0.05, 0.1) is 4.90 Å². The number of hydrogen-bond donors (Lipinski definition) is 0. The van der Waals surface area contributed by atoms with Crippen LogP contribution in [0.3, 0.4) is 0 Å². The topological polar surface area (TPSA) is 34.1 Å². The quantitative estimate of drug-likeness (QED) is 0.509. The zero-order valence-electron chi connectivity index (χ0n) is 12.4. The van der Waals surface area contributed by atoms with E-state index in [0.717, 1.165) is 34.0 Å². The van der Waals surface area contributed by atoms with Crippen molar-refractivity contribution >= 4 is 32.4 Å². The standard InChI is InChI=1S/C18H16FIO2S/c19-14-3-6-16(7-4-14)23(21,22)18-10-9-13(18)2-1-12-11-15(20)5-8-17(12)18/h3-8,11,13H,1-2,9-10H2. The minimum atomic E-state index is -3.54. The van der Waals surface area contributed by atoms with Crippen molar-refractivity contribution in [3.8, 4) is 0 Å². The van der Waals surface area contributed by atoms with Gasteiger partial charge in [0.25, 0.3) is 0 Å². The molecule has 2 unspecified atom stereocenters. The van der Waals surface area contributed by atoms with Crippen molar-refractivity contribution in [3.63, 3.8) is 0 Å². The lowest BCUT2D eigenvalue weighted by molar-refractivity contribution is 0.176. The van der Waals surface area contributed by atoms with Gasteiger partial charge >= 0.3 is 0 Å². The Morgan fingerprint density at radius 1 is 1.09 bits per heavy atom. The SMILES string of the molecule is O=S(=O)(c1ccc(F)cc1)C12CCC1CCc1cc(I)ccc12. The molecule has 0 radical (unpaired) electrons. The first-order valence-corrected chi connectivity index (χ1v) is 10.3. The summed E-state index contributed by atoms with van der Waals surface area (Å²) in [6, 6.07) is 11.3. The van der Waals surface area contributed by atoms with Crippen molar-refractivity contribution in [2.24, 2.45) is 5.92 Å². The minimum Gasteiger partial charge on any atom is -0.223 e. The normalized spacial score (nSPS) is 26.1. The zero-order chi connectivity index (χ0) is 16.2. The van der Waals surface area contributed by atoms with Gasteiger partial charge in [0, 0.05) is 3.57 Å². The maximum absolute atomic E-state index is 13.4. The second kappa shape index (κ2) is 5.28. The third kappa shape index (κ3) is 2.12. The van der Waals surface area contributed by atoms with Crippen LogP contribution in [-0.2, 0) is 21.0 Å². The molecule has 2 atom stereocenters. The average molecular weight is 442 g/mol. The summed E-state index contributed by atoms with van der Waals surface area (Å²) < 4.78 is 40.3. The van der Waals surface area contributed by atoms with Crippen LogP contribution in [0.4, 0.5) is 4.39 Å².